The molecule has 1 fully saturated rings. The molecule has 0 heterocycles. The first-order valence-electron chi connectivity index (χ1n) is 6.79. The molecule has 1 aliphatic carbocycles. The minimum absolute atomic E-state index is 0.776. The third-order valence-electron chi connectivity index (χ3n) is 3.72. The van der Waals surface area contributed by atoms with Gasteiger partial charge in [-0.2, -0.15) is 0 Å². The standard InChI is InChI=1S/C15H24N2O/c1-17(10-12-5-3-4-6-12)11-13-7-14(16)9-15(8-13)18-2/h7-9,12H,3-6,10-11,16H2,1-2H3. The van der Waals surface area contributed by atoms with Crippen molar-refractivity contribution in [3.63, 3.8) is 0 Å². The first-order chi connectivity index (χ1) is 8.67. The highest BCUT2D eigenvalue weighted by molar-refractivity contribution is 5.47. The Morgan fingerprint density at radius 2 is 2.00 bits per heavy atom. The quantitative estimate of drug-likeness (QED) is 0.814. The number of nitrogens with two attached hydrogens (primary N) is 1. The summed E-state index contributed by atoms with van der Waals surface area (Å²) in [6.45, 7) is 2.13. The van der Waals surface area contributed by atoms with Gasteiger partial charge >= 0.3 is 0 Å². The van der Waals surface area contributed by atoms with Gasteiger partial charge in [-0.15, -0.1) is 0 Å². The highest BCUT2D eigenvalue weighted by Crippen LogP contribution is 2.26. The van der Waals surface area contributed by atoms with E-state index in [4.69, 9.17) is 10.5 Å². The Morgan fingerprint density at radius 3 is 2.67 bits per heavy atom. The lowest BCUT2D eigenvalue weighted by Gasteiger charge is -2.21. The molecule has 0 radical (unpaired) electrons. The number of methoxy groups -OCH3 is 1. The Labute approximate surface area is 110 Å². The molecule has 0 spiro atoms. The average molecular weight is 248 g/mol. The predicted molar refractivity (Wildman–Crippen MR) is 75.7 cm³/mol. The second-order valence-corrected chi connectivity index (χ2v) is 5.46. The van der Waals surface area contributed by atoms with Gasteiger partial charge in [0.25, 0.3) is 0 Å². The van der Waals surface area contributed by atoms with E-state index in [2.05, 4.69) is 18.0 Å². The maximum atomic E-state index is 5.88. The van der Waals surface area contributed by atoms with E-state index in [1.165, 1.54) is 37.8 Å². The molecule has 0 unspecified atom stereocenters. The van der Waals surface area contributed by atoms with Crippen molar-refractivity contribution in [3.8, 4) is 5.75 Å². The van der Waals surface area contributed by atoms with Gasteiger partial charge in [0.05, 0.1) is 7.11 Å². The number of anilines is 1. The Bertz CT molecular complexity index is 386. The SMILES string of the molecule is COc1cc(N)cc(CN(C)CC2CCCC2)c1. The molecule has 2 rings (SSSR count). The molecule has 1 aromatic rings. The molecule has 100 valence electrons. The summed E-state index contributed by atoms with van der Waals surface area (Å²) in [7, 11) is 3.87. The number of hydrogen-bond donors (Lipinski definition) is 1. The Kier molecular flexibility index (Phi) is 4.48. The van der Waals surface area contributed by atoms with Crippen molar-refractivity contribution in [2.75, 3.05) is 26.4 Å². The molecular formula is C15H24N2O. The summed E-state index contributed by atoms with van der Waals surface area (Å²) in [6.07, 6.45) is 5.60. The zero-order chi connectivity index (χ0) is 13.0. The molecule has 1 aliphatic rings. The summed E-state index contributed by atoms with van der Waals surface area (Å²) >= 11 is 0. The van der Waals surface area contributed by atoms with E-state index in [1.807, 2.05) is 12.1 Å². The molecular weight excluding hydrogens is 224 g/mol. The monoisotopic (exact) mass is 248 g/mol. The minimum atomic E-state index is 0.776. The van der Waals surface area contributed by atoms with Gasteiger partial charge < -0.3 is 15.4 Å². The molecule has 0 amide bonds. The van der Waals surface area contributed by atoms with Crippen LogP contribution in [-0.2, 0) is 6.54 Å². The average Bonchev–Trinajstić information content (AvgIpc) is 2.80. The first-order valence-corrected chi connectivity index (χ1v) is 6.79. The van der Waals surface area contributed by atoms with E-state index in [0.29, 0.717) is 0 Å². The minimum Gasteiger partial charge on any atom is -0.497 e. The maximum absolute atomic E-state index is 5.88. The molecule has 2 N–H and O–H groups in total. The zero-order valence-electron chi connectivity index (χ0n) is 11.5. The smallest absolute Gasteiger partial charge is 0.121 e. The molecule has 1 aromatic carbocycles. The first kappa shape index (κ1) is 13.2. The fraction of sp³-hybridized carbons (Fsp3) is 0.600. The van der Waals surface area contributed by atoms with Crippen LogP contribution in [0.1, 0.15) is 31.2 Å². The highest BCUT2D eigenvalue weighted by Gasteiger charge is 2.16. The van der Waals surface area contributed by atoms with E-state index >= 15 is 0 Å². The lowest BCUT2D eigenvalue weighted by Crippen LogP contribution is -2.24. The van der Waals surface area contributed by atoms with E-state index in [1.54, 1.807) is 7.11 Å². The molecule has 0 aromatic heterocycles. The Hall–Kier alpha value is -1.22. The van der Waals surface area contributed by atoms with Crippen LogP contribution in [0.4, 0.5) is 5.69 Å². The van der Waals surface area contributed by atoms with Crippen molar-refractivity contribution in [1.82, 2.24) is 4.90 Å². The van der Waals surface area contributed by atoms with Crippen molar-refractivity contribution in [2.24, 2.45) is 5.92 Å². The third-order valence-corrected chi connectivity index (χ3v) is 3.72. The van der Waals surface area contributed by atoms with Crippen LogP contribution in [0.15, 0.2) is 18.2 Å². The van der Waals surface area contributed by atoms with Crippen molar-refractivity contribution in [1.29, 1.82) is 0 Å². The molecule has 3 heteroatoms. The molecule has 0 saturated heterocycles. The molecule has 18 heavy (non-hydrogen) atoms. The Balaban J connectivity index is 1.93. The highest BCUT2D eigenvalue weighted by atomic mass is 16.5. The van der Waals surface area contributed by atoms with Crippen molar-refractivity contribution in [3.05, 3.63) is 23.8 Å². The van der Waals surface area contributed by atoms with Gasteiger partial charge in [-0.25, -0.2) is 0 Å². The van der Waals surface area contributed by atoms with Crippen LogP contribution in [0, 0.1) is 5.92 Å². The van der Waals surface area contributed by atoms with Crippen LogP contribution in [0.2, 0.25) is 0 Å². The van der Waals surface area contributed by atoms with Gasteiger partial charge in [-0.1, -0.05) is 12.8 Å². The van der Waals surface area contributed by atoms with Gasteiger partial charge in [-0.05, 0) is 43.5 Å². The largest absolute Gasteiger partial charge is 0.497 e. The lowest BCUT2D eigenvalue weighted by molar-refractivity contribution is 0.271. The molecule has 1 saturated carbocycles. The van der Waals surface area contributed by atoms with Crippen LogP contribution in [-0.4, -0.2) is 25.6 Å². The van der Waals surface area contributed by atoms with Crippen molar-refractivity contribution >= 4 is 5.69 Å². The Morgan fingerprint density at radius 1 is 1.28 bits per heavy atom. The van der Waals surface area contributed by atoms with Crippen LogP contribution in [0.5, 0.6) is 5.75 Å². The fourth-order valence-electron chi connectivity index (χ4n) is 2.91. The van der Waals surface area contributed by atoms with Crippen LogP contribution >= 0.6 is 0 Å². The number of benzene rings is 1. The van der Waals surface area contributed by atoms with Gasteiger partial charge in [0.1, 0.15) is 5.75 Å². The number of hydrogen-bond acceptors (Lipinski definition) is 3. The molecule has 0 bridgehead atoms. The van der Waals surface area contributed by atoms with Gasteiger partial charge in [0, 0.05) is 24.8 Å². The molecule has 0 atom stereocenters. The number of nitrogens with zero attached hydrogens (tertiary/aromatic N) is 1. The van der Waals surface area contributed by atoms with Crippen molar-refractivity contribution in [2.45, 2.75) is 32.2 Å². The van der Waals surface area contributed by atoms with Crippen LogP contribution < -0.4 is 10.5 Å². The van der Waals surface area contributed by atoms with E-state index in [0.717, 1.165) is 23.9 Å². The summed E-state index contributed by atoms with van der Waals surface area (Å²) in [5.74, 6) is 1.73. The second kappa shape index (κ2) is 6.10. The summed E-state index contributed by atoms with van der Waals surface area (Å²) in [4.78, 5) is 2.39. The predicted octanol–water partition coefficient (Wildman–Crippen LogP) is 2.90. The number of rotatable bonds is 5. The number of nitrogen functional groups attached to an aromatic ring is 1. The number of ether oxygens (including phenoxy) is 1. The second-order valence-electron chi connectivity index (χ2n) is 5.46. The van der Waals surface area contributed by atoms with E-state index in [-0.39, 0.29) is 0 Å². The summed E-state index contributed by atoms with van der Waals surface area (Å²) in [5, 5.41) is 0. The van der Waals surface area contributed by atoms with Gasteiger partial charge in [0.15, 0.2) is 0 Å². The third kappa shape index (κ3) is 3.64. The molecule has 3 nitrogen and oxygen atoms in total. The van der Waals surface area contributed by atoms with Crippen LogP contribution in [0.3, 0.4) is 0 Å². The normalized spacial score (nSPS) is 16.4. The zero-order valence-corrected chi connectivity index (χ0v) is 11.5. The fourth-order valence-corrected chi connectivity index (χ4v) is 2.91. The lowest BCUT2D eigenvalue weighted by atomic mass is 10.1. The van der Waals surface area contributed by atoms with Gasteiger partial charge in [0.2, 0.25) is 0 Å². The van der Waals surface area contributed by atoms with E-state index in [9.17, 15) is 0 Å². The van der Waals surface area contributed by atoms with Crippen LogP contribution in [0.25, 0.3) is 0 Å². The van der Waals surface area contributed by atoms with Gasteiger partial charge in [-0.3, -0.25) is 0 Å². The summed E-state index contributed by atoms with van der Waals surface area (Å²) in [5.41, 5.74) is 7.88. The topological polar surface area (TPSA) is 38.5 Å². The van der Waals surface area contributed by atoms with Crippen molar-refractivity contribution < 1.29 is 4.74 Å². The summed E-state index contributed by atoms with van der Waals surface area (Å²) < 4.78 is 5.25. The molecule has 0 aliphatic heterocycles. The summed E-state index contributed by atoms with van der Waals surface area (Å²) in [6, 6.07) is 5.97. The van der Waals surface area contributed by atoms with E-state index < -0.39 is 0 Å². The maximum Gasteiger partial charge on any atom is 0.121 e.